The van der Waals surface area contributed by atoms with Crippen molar-refractivity contribution in [1.82, 2.24) is 5.06 Å². The fraction of sp³-hybridized carbons (Fsp3) is 0.667. The molecule has 16 heavy (non-hydrogen) atoms. The molecule has 0 aromatic carbocycles. The molecule has 0 aromatic heterocycles. The molecule has 1 aliphatic rings. The fourth-order valence-electron chi connectivity index (χ4n) is 0.888. The summed E-state index contributed by atoms with van der Waals surface area (Å²) in [7, 11) is 0. The van der Waals surface area contributed by atoms with Gasteiger partial charge in [0, 0.05) is 12.8 Å². The zero-order chi connectivity index (χ0) is 12.6. The minimum Gasteiger partial charge on any atom is -0.430 e. The van der Waals surface area contributed by atoms with Crippen LogP contribution in [0.2, 0.25) is 0 Å². The predicted molar refractivity (Wildman–Crippen MR) is 52.0 cm³/mol. The number of nitrogens with zero attached hydrogens (tertiary/aromatic N) is 1. The number of hydrogen-bond donors (Lipinski definition) is 1. The summed E-state index contributed by atoms with van der Waals surface area (Å²) in [6.07, 6.45) is -1.11. The van der Waals surface area contributed by atoms with E-state index in [1.807, 2.05) is 13.8 Å². The summed E-state index contributed by atoms with van der Waals surface area (Å²) in [6, 6.07) is 0. The lowest BCUT2D eigenvalue weighted by molar-refractivity contribution is -0.177. The van der Waals surface area contributed by atoms with Gasteiger partial charge in [0.05, 0.1) is 6.61 Å². The van der Waals surface area contributed by atoms with Gasteiger partial charge in [-0.05, 0) is 0 Å². The normalized spacial score (nSPS) is 14.3. The van der Waals surface area contributed by atoms with E-state index in [1.165, 1.54) is 0 Å². The Balaban J connectivity index is 0.00000106. The Bertz CT molecular complexity index is 249. The molecular weight excluding hydrogens is 218 g/mol. The molecule has 0 aromatic rings. The Morgan fingerprint density at radius 3 is 2.25 bits per heavy atom. The summed E-state index contributed by atoms with van der Waals surface area (Å²) >= 11 is 0. The van der Waals surface area contributed by atoms with Crippen molar-refractivity contribution in [3.63, 3.8) is 0 Å². The Morgan fingerprint density at radius 2 is 1.81 bits per heavy atom. The van der Waals surface area contributed by atoms with Crippen molar-refractivity contribution < 1.29 is 29.1 Å². The number of hydroxylamine groups is 2. The van der Waals surface area contributed by atoms with E-state index in [4.69, 9.17) is 5.11 Å². The maximum atomic E-state index is 10.9. The van der Waals surface area contributed by atoms with Crippen molar-refractivity contribution in [3.8, 4) is 0 Å². The molecule has 1 aliphatic heterocycles. The molecular formula is C9H15NO6. The maximum absolute atomic E-state index is 10.9. The van der Waals surface area contributed by atoms with Gasteiger partial charge in [-0.25, -0.2) is 4.79 Å². The molecule has 1 rings (SSSR count). The average molecular weight is 233 g/mol. The Hall–Kier alpha value is -1.63. The topological polar surface area (TPSA) is 93.1 Å². The van der Waals surface area contributed by atoms with E-state index in [0.29, 0.717) is 5.06 Å². The van der Waals surface area contributed by atoms with Gasteiger partial charge in [0.15, 0.2) is 0 Å². The van der Waals surface area contributed by atoms with Crippen LogP contribution in [-0.2, 0) is 19.2 Å². The van der Waals surface area contributed by atoms with E-state index in [-0.39, 0.29) is 26.1 Å². The fourth-order valence-corrected chi connectivity index (χ4v) is 0.888. The summed E-state index contributed by atoms with van der Waals surface area (Å²) in [5, 5.41) is 8.67. The number of ether oxygens (including phenoxy) is 1. The van der Waals surface area contributed by atoms with Crippen LogP contribution < -0.4 is 0 Å². The quantitative estimate of drug-likeness (QED) is 0.553. The van der Waals surface area contributed by atoms with E-state index >= 15 is 0 Å². The minimum atomic E-state index is -1.18. The molecule has 2 amide bonds. The average Bonchev–Trinajstić information content (AvgIpc) is 2.61. The van der Waals surface area contributed by atoms with Crippen molar-refractivity contribution in [1.29, 1.82) is 0 Å². The molecule has 0 bridgehead atoms. The molecule has 0 unspecified atom stereocenters. The van der Waals surface area contributed by atoms with Crippen LogP contribution in [0, 0.1) is 0 Å². The molecule has 0 saturated carbocycles. The first-order valence-electron chi connectivity index (χ1n) is 4.96. The number of amides is 2. The molecule has 1 saturated heterocycles. The zero-order valence-corrected chi connectivity index (χ0v) is 9.26. The van der Waals surface area contributed by atoms with Gasteiger partial charge in [-0.1, -0.05) is 18.9 Å². The van der Waals surface area contributed by atoms with Gasteiger partial charge in [-0.2, -0.15) is 0 Å². The number of aliphatic hydroxyl groups is 1. The molecule has 0 aliphatic carbocycles. The number of rotatable bonds is 3. The first kappa shape index (κ1) is 14.4. The van der Waals surface area contributed by atoms with Crippen LogP contribution in [0.1, 0.15) is 26.7 Å². The summed E-state index contributed by atoms with van der Waals surface area (Å²) < 4.78 is 4.29. The van der Waals surface area contributed by atoms with E-state index in [1.54, 1.807) is 0 Å². The lowest BCUT2D eigenvalue weighted by Crippen LogP contribution is -2.32. The second-order valence-corrected chi connectivity index (χ2v) is 2.50. The molecule has 1 fully saturated rings. The van der Waals surface area contributed by atoms with Crippen LogP contribution in [0.4, 0.5) is 4.79 Å². The second kappa shape index (κ2) is 7.63. The maximum Gasteiger partial charge on any atom is 0.534 e. The molecule has 0 radical (unpaired) electrons. The lowest BCUT2D eigenvalue weighted by atomic mass is 10.4. The van der Waals surface area contributed by atoms with E-state index in [0.717, 1.165) is 0 Å². The van der Waals surface area contributed by atoms with Crippen LogP contribution >= 0.6 is 0 Å². The third-order valence-electron chi connectivity index (χ3n) is 1.48. The standard InChI is InChI=1S/C7H9NO6.C2H6/c9-3-4-13-7(12)14-8-5(10)1-2-6(8)11;1-2/h9H,1-4H2;1-2H3. The second-order valence-electron chi connectivity index (χ2n) is 2.50. The van der Waals surface area contributed by atoms with Gasteiger partial charge >= 0.3 is 6.16 Å². The van der Waals surface area contributed by atoms with Gasteiger partial charge in [0.25, 0.3) is 11.8 Å². The first-order valence-corrected chi connectivity index (χ1v) is 4.96. The highest BCUT2D eigenvalue weighted by atomic mass is 16.8. The molecule has 1 heterocycles. The monoisotopic (exact) mass is 233 g/mol. The van der Waals surface area contributed by atoms with Crippen LogP contribution in [0.5, 0.6) is 0 Å². The number of carbonyl (C=O) groups is 3. The molecule has 1 N–H and O–H groups in total. The van der Waals surface area contributed by atoms with Gasteiger partial charge in [0.1, 0.15) is 6.61 Å². The van der Waals surface area contributed by atoms with Gasteiger partial charge in [-0.3, -0.25) is 14.4 Å². The van der Waals surface area contributed by atoms with Crippen LogP contribution in [-0.4, -0.2) is 41.4 Å². The summed E-state index contributed by atoms with van der Waals surface area (Å²) in [5.74, 6) is -1.15. The zero-order valence-electron chi connectivity index (χ0n) is 9.26. The highest BCUT2D eigenvalue weighted by Crippen LogP contribution is 2.12. The highest BCUT2D eigenvalue weighted by molar-refractivity contribution is 6.01. The lowest BCUT2D eigenvalue weighted by Gasteiger charge is -2.11. The van der Waals surface area contributed by atoms with Gasteiger partial charge < -0.3 is 9.84 Å². The van der Waals surface area contributed by atoms with Crippen LogP contribution in [0.3, 0.4) is 0 Å². The summed E-state index contributed by atoms with van der Waals surface area (Å²) in [4.78, 5) is 36.9. The molecule has 0 spiro atoms. The van der Waals surface area contributed by atoms with E-state index in [2.05, 4.69) is 9.57 Å². The first-order chi connectivity index (χ1) is 7.65. The smallest absolute Gasteiger partial charge is 0.430 e. The van der Waals surface area contributed by atoms with Gasteiger partial charge in [-0.15, -0.1) is 0 Å². The Kier molecular flexibility index (Phi) is 6.86. The third kappa shape index (κ3) is 4.26. The van der Waals surface area contributed by atoms with Crippen molar-refractivity contribution in [3.05, 3.63) is 0 Å². The third-order valence-corrected chi connectivity index (χ3v) is 1.48. The largest absolute Gasteiger partial charge is 0.534 e. The molecule has 7 nitrogen and oxygen atoms in total. The van der Waals surface area contributed by atoms with Crippen molar-refractivity contribution in [2.75, 3.05) is 13.2 Å². The van der Waals surface area contributed by atoms with Crippen molar-refractivity contribution in [2.45, 2.75) is 26.7 Å². The van der Waals surface area contributed by atoms with Crippen LogP contribution in [0.25, 0.3) is 0 Å². The minimum absolute atomic E-state index is 0.0338. The van der Waals surface area contributed by atoms with Crippen molar-refractivity contribution in [2.24, 2.45) is 0 Å². The number of aliphatic hydroxyl groups excluding tert-OH is 1. The SMILES string of the molecule is CC.O=C(OCCO)ON1C(=O)CCC1=O. The summed E-state index contributed by atoms with van der Waals surface area (Å²) in [6.45, 7) is 3.41. The molecule has 92 valence electrons. The van der Waals surface area contributed by atoms with Crippen LogP contribution in [0.15, 0.2) is 0 Å². The Labute approximate surface area is 92.9 Å². The van der Waals surface area contributed by atoms with E-state index in [9.17, 15) is 14.4 Å². The number of hydrogen-bond acceptors (Lipinski definition) is 6. The van der Waals surface area contributed by atoms with E-state index < -0.39 is 18.0 Å². The van der Waals surface area contributed by atoms with Gasteiger partial charge in [0.2, 0.25) is 0 Å². The predicted octanol–water partition coefficient (Wildman–Crippen LogP) is 0.222. The highest BCUT2D eigenvalue weighted by Gasteiger charge is 2.33. The molecule has 0 atom stereocenters. The Morgan fingerprint density at radius 1 is 1.31 bits per heavy atom. The summed E-state index contributed by atoms with van der Waals surface area (Å²) in [5.41, 5.74) is 0. The number of carbonyl (C=O) groups excluding carboxylic acids is 3. The van der Waals surface area contributed by atoms with Crippen molar-refractivity contribution >= 4 is 18.0 Å². The molecule has 7 heteroatoms. The number of imide groups is 1.